The second kappa shape index (κ2) is 5.58. The summed E-state index contributed by atoms with van der Waals surface area (Å²) in [6.07, 6.45) is -0.596. The van der Waals surface area contributed by atoms with Gasteiger partial charge in [0.1, 0.15) is 6.61 Å². The number of benzene rings is 1. The maximum Gasteiger partial charge on any atom is 0.411 e. The Kier molecular flexibility index (Phi) is 4.62. The maximum atomic E-state index is 11.4. The number of nitrogens with two attached hydrogens (primary N) is 1. The predicted octanol–water partition coefficient (Wildman–Crippen LogP) is 3.28. The molecule has 1 amide bonds. The molecule has 0 aliphatic heterocycles. The van der Waals surface area contributed by atoms with Gasteiger partial charge in [0.25, 0.3) is 0 Å². The van der Waals surface area contributed by atoms with E-state index in [1.165, 1.54) is 0 Å². The second-order valence-corrected chi connectivity index (χ2v) is 5.22. The third kappa shape index (κ3) is 5.77. The maximum absolute atomic E-state index is 11.4. The molecule has 1 aromatic carbocycles. The lowest BCUT2D eigenvalue weighted by atomic mass is 10.1. The van der Waals surface area contributed by atoms with Crippen LogP contribution in [0.4, 0.5) is 10.5 Å². The molecule has 0 radical (unpaired) electrons. The van der Waals surface area contributed by atoms with Gasteiger partial charge in [0.15, 0.2) is 0 Å². The molecule has 94 valence electrons. The van der Waals surface area contributed by atoms with Crippen LogP contribution in [0.5, 0.6) is 0 Å². The van der Waals surface area contributed by atoms with Gasteiger partial charge < -0.3 is 10.5 Å². The number of amides is 1. The van der Waals surface area contributed by atoms with Crippen LogP contribution in [0.25, 0.3) is 0 Å². The first kappa shape index (κ1) is 14.1. The summed E-state index contributed by atoms with van der Waals surface area (Å²) in [5.74, 6) is 0. The lowest BCUT2D eigenvalue weighted by molar-refractivity contribution is 0.138. The molecule has 17 heavy (non-hydrogen) atoms. The number of hydrogen-bond acceptors (Lipinski definition) is 3. The van der Waals surface area contributed by atoms with Gasteiger partial charge in [-0.3, -0.25) is 5.32 Å². The number of nitrogens with one attached hydrogen (secondary N) is 1. The van der Waals surface area contributed by atoms with Crippen LogP contribution in [0, 0.1) is 0 Å². The molecule has 0 spiro atoms. The summed E-state index contributed by atoms with van der Waals surface area (Å²) in [7, 11) is 0. The molecule has 3 N–H and O–H groups in total. The number of ether oxygens (including phenoxy) is 1. The van der Waals surface area contributed by atoms with E-state index in [0.29, 0.717) is 15.7 Å². The molecule has 1 rings (SSSR count). The highest BCUT2D eigenvalue weighted by molar-refractivity contribution is 6.35. The second-order valence-electron chi connectivity index (χ2n) is 4.35. The standard InChI is InChI=1S/C11H14Cl2N2O2/c1-11(2,14)6-17-10(16)15-9-4-7(12)3-8(13)5-9/h3-5H,6,14H2,1-2H3,(H,15,16). The van der Waals surface area contributed by atoms with E-state index in [1.54, 1.807) is 32.0 Å². The third-order valence-corrected chi connectivity index (χ3v) is 2.12. The molecule has 0 unspecified atom stereocenters. The molecule has 4 nitrogen and oxygen atoms in total. The van der Waals surface area contributed by atoms with E-state index in [-0.39, 0.29) is 6.61 Å². The quantitative estimate of drug-likeness (QED) is 0.891. The van der Waals surface area contributed by atoms with Crippen LogP contribution >= 0.6 is 23.2 Å². The first-order chi connectivity index (χ1) is 7.76. The fourth-order valence-corrected chi connectivity index (χ4v) is 1.56. The van der Waals surface area contributed by atoms with Gasteiger partial charge in [0.05, 0.1) is 0 Å². The van der Waals surface area contributed by atoms with Crippen molar-refractivity contribution in [3.05, 3.63) is 28.2 Å². The highest BCUT2D eigenvalue weighted by atomic mass is 35.5. The fourth-order valence-electron chi connectivity index (χ4n) is 1.03. The molecule has 0 aromatic heterocycles. The zero-order valence-corrected chi connectivity index (χ0v) is 11.1. The van der Waals surface area contributed by atoms with E-state index in [0.717, 1.165) is 0 Å². The molecular weight excluding hydrogens is 263 g/mol. The number of carbonyl (C=O) groups is 1. The Hall–Kier alpha value is -0.970. The van der Waals surface area contributed by atoms with E-state index >= 15 is 0 Å². The Labute approximate surface area is 110 Å². The van der Waals surface area contributed by atoms with Gasteiger partial charge >= 0.3 is 6.09 Å². The van der Waals surface area contributed by atoms with Gasteiger partial charge in [-0.25, -0.2) is 4.79 Å². The van der Waals surface area contributed by atoms with Crippen LogP contribution in [0.3, 0.4) is 0 Å². The fraction of sp³-hybridized carbons (Fsp3) is 0.364. The first-order valence-electron chi connectivity index (χ1n) is 4.95. The Morgan fingerprint density at radius 1 is 1.35 bits per heavy atom. The topological polar surface area (TPSA) is 64.3 Å². The SMILES string of the molecule is CC(C)(N)COC(=O)Nc1cc(Cl)cc(Cl)c1. The van der Waals surface area contributed by atoms with Gasteiger partial charge in [-0.15, -0.1) is 0 Å². The van der Waals surface area contributed by atoms with Crippen molar-refractivity contribution in [1.82, 2.24) is 0 Å². The minimum atomic E-state index is -0.596. The van der Waals surface area contributed by atoms with Crippen LogP contribution in [0.1, 0.15) is 13.8 Å². The van der Waals surface area contributed by atoms with Crippen molar-refractivity contribution in [3.8, 4) is 0 Å². The largest absolute Gasteiger partial charge is 0.447 e. The highest BCUT2D eigenvalue weighted by Crippen LogP contribution is 2.22. The minimum Gasteiger partial charge on any atom is -0.447 e. The van der Waals surface area contributed by atoms with Crippen LogP contribution in [-0.2, 0) is 4.74 Å². The monoisotopic (exact) mass is 276 g/mol. The summed E-state index contributed by atoms with van der Waals surface area (Å²) in [5.41, 5.74) is 5.59. The van der Waals surface area contributed by atoms with Gasteiger partial charge in [0.2, 0.25) is 0 Å². The first-order valence-corrected chi connectivity index (χ1v) is 5.71. The third-order valence-electron chi connectivity index (χ3n) is 1.68. The molecule has 0 bridgehead atoms. The van der Waals surface area contributed by atoms with Crippen molar-refractivity contribution in [2.75, 3.05) is 11.9 Å². The van der Waals surface area contributed by atoms with Crippen LogP contribution in [0.15, 0.2) is 18.2 Å². The molecule has 6 heteroatoms. The van der Waals surface area contributed by atoms with Crippen molar-refractivity contribution in [2.45, 2.75) is 19.4 Å². The zero-order chi connectivity index (χ0) is 13.1. The molecule has 0 heterocycles. The molecule has 1 aromatic rings. The van der Waals surface area contributed by atoms with Crippen molar-refractivity contribution >= 4 is 35.0 Å². The van der Waals surface area contributed by atoms with Gasteiger partial charge in [-0.2, -0.15) is 0 Å². The average molecular weight is 277 g/mol. The minimum absolute atomic E-state index is 0.118. The summed E-state index contributed by atoms with van der Waals surface area (Å²) < 4.78 is 4.93. The number of anilines is 1. The van der Waals surface area contributed by atoms with Crippen molar-refractivity contribution in [3.63, 3.8) is 0 Å². The molecule has 0 saturated heterocycles. The van der Waals surface area contributed by atoms with E-state index in [9.17, 15) is 4.79 Å². The van der Waals surface area contributed by atoms with Crippen LogP contribution in [0.2, 0.25) is 10.0 Å². The summed E-state index contributed by atoms with van der Waals surface area (Å²) in [6.45, 7) is 3.64. The van der Waals surface area contributed by atoms with Crippen molar-refractivity contribution in [2.24, 2.45) is 5.73 Å². The molecule has 0 aliphatic carbocycles. The number of halogens is 2. The predicted molar refractivity (Wildman–Crippen MR) is 69.7 cm³/mol. The molecular formula is C11H14Cl2N2O2. The molecule has 0 aliphatic rings. The van der Waals surface area contributed by atoms with Gasteiger partial charge in [-0.05, 0) is 32.0 Å². The smallest absolute Gasteiger partial charge is 0.411 e. The molecule has 0 atom stereocenters. The summed E-state index contributed by atoms with van der Waals surface area (Å²) in [6, 6.07) is 4.72. The number of hydrogen-bond donors (Lipinski definition) is 2. The average Bonchev–Trinajstić information content (AvgIpc) is 2.11. The van der Waals surface area contributed by atoms with Gasteiger partial charge in [0, 0.05) is 21.3 Å². The summed E-state index contributed by atoms with van der Waals surface area (Å²) in [5, 5.41) is 3.38. The number of carbonyl (C=O) groups excluding carboxylic acids is 1. The molecule has 0 fully saturated rings. The highest BCUT2D eigenvalue weighted by Gasteiger charge is 2.14. The van der Waals surface area contributed by atoms with Crippen molar-refractivity contribution in [1.29, 1.82) is 0 Å². The normalized spacial score (nSPS) is 11.1. The van der Waals surface area contributed by atoms with Crippen LogP contribution in [-0.4, -0.2) is 18.2 Å². The Morgan fingerprint density at radius 3 is 2.35 bits per heavy atom. The van der Waals surface area contributed by atoms with E-state index in [1.807, 2.05) is 0 Å². The Balaban J connectivity index is 2.56. The Morgan fingerprint density at radius 2 is 1.88 bits per heavy atom. The van der Waals surface area contributed by atoms with Crippen LogP contribution < -0.4 is 11.1 Å². The zero-order valence-electron chi connectivity index (χ0n) is 9.59. The van der Waals surface area contributed by atoms with Crippen molar-refractivity contribution < 1.29 is 9.53 Å². The van der Waals surface area contributed by atoms with E-state index in [2.05, 4.69) is 5.32 Å². The lowest BCUT2D eigenvalue weighted by Crippen LogP contribution is -2.38. The van der Waals surface area contributed by atoms with E-state index < -0.39 is 11.6 Å². The van der Waals surface area contributed by atoms with Gasteiger partial charge in [-0.1, -0.05) is 23.2 Å². The Bertz CT molecular complexity index is 396. The summed E-state index contributed by atoms with van der Waals surface area (Å²) in [4.78, 5) is 11.4. The van der Waals surface area contributed by atoms with E-state index in [4.69, 9.17) is 33.7 Å². The number of rotatable bonds is 3. The molecule has 0 saturated carbocycles. The lowest BCUT2D eigenvalue weighted by Gasteiger charge is -2.18. The summed E-state index contributed by atoms with van der Waals surface area (Å²) >= 11 is 11.6.